The number of hydrogen-bond acceptors (Lipinski definition) is 4. The molecule has 0 radical (unpaired) electrons. The fourth-order valence-corrected chi connectivity index (χ4v) is 2.54. The number of aryl methyl sites for hydroxylation is 1. The minimum Gasteiger partial charge on any atom is -0.350 e. The van der Waals surface area contributed by atoms with Crippen LogP contribution in [0.4, 0.5) is 9.18 Å². The number of carbonyl (C=O) groups excluding carboxylic acids is 2. The van der Waals surface area contributed by atoms with Crippen molar-refractivity contribution in [2.75, 3.05) is 13.1 Å². The van der Waals surface area contributed by atoms with E-state index in [1.807, 2.05) is 24.3 Å². The first-order valence-corrected chi connectivity index (χ1v) is 9.03. The zero-order chi connectivity index (χ0) is 20.6. The molecular formula is C20H21FN6O2. The molecule has 0 spiro atoms. The fraction of sp³-hybridized carbons (Fsp3) is 0.200. The van der Waals surface area contributed by atoms with Crippen LogP contribution in [0, 0.1) is 12.7 Å². The molecule has 2 aromatic carbocycles. The quantitative estimate of drug-likeness (QED) is 0.531. The number of nitrogens with zero attached hydrogens (tertiary/aromatic N) is 3. The average Bonchev–Trinajstić information content (AvgIpc) is 3.27. The molecule has 3 rings (SSSR count). The van der Waals surface area contributed by atoms with Crippen LogP contribution in [0.5, 0.6) is 0 Å². The number of rotatable bonds is 7. The largest absolute Gasteiger partial charge is 0.350 e. The Morgan fingerprint density at radius 3 is 2.48 bits per heavy atom. The highest BCUT2D eigenvalue weighted by Crippen LogP contribution is 2.09. The normalized spacial score (nSPS) is 10.4. The summed E-state index contributed by atoms with van der Waals surface area (Å²) in [4.78, 5) is 27.7. The van der Waals surface area contributed by atoms with Crippen molar-refractivity contribution in [3.63, 3.8) is 0 Å². The lowest BCUT2D eigenvalue weighted by Crippen LogP contribution is -2.40. The summed E-state index contributed by atoms with van der Waals surface area (Å²) in [5, 5.41) is 12.1. The second-order valence-corrected chi connectivity index (χ2v) is 6.34. The molecule has 0 aliphatic rings. The molecule has 0 bridgehead atoms. The monoisotopic (exact) mass is 396 g/mol. The van der Waals surface area contributed by atoms with E-state index in [-0.39, 0.29) is 24.7 Å². The van der Waals surface area contributed by atoms with Gasteiger partial charge in [-0.15, -0.1) is 0 Å². The molecule has 0 saturated heterocycles. The van der Waals surface area contributed by atoms with Crippen molar-refractivity contribution in [3.8, 4) is 5.69 Å². The molecule has 0 aliphatic carbocycles. The van der Waals surface area contributed by atoms with Crippen molar-refractivity contribution in [3.05, 3.63) is 77.6 Å². The van der Waals surface area contributed by atoms with Crippen LogP contribution in [-0.2, 0) is 6.54 Å². The van der Waals surface area contributed by atoms with Gasteiger partial charge in [0.1, 0.15) is 18.5 Å². The first kappa shape index (κ1) is 20.0. The van der Waals surface area contributed by atoms with Crippen LogP contribution >= 0.6 is 0 Å². The number of hydrogen-bond donors (Lipinski definition) is 3. The summed E-state index contributed by atoms with van der Waals surface area (Å²) in [6, 6.07) is 11.5. The third-order valence-electron chi connectivity index (χ3n) is 4.20. The maximum atomic E-state index is 13.5. The Morgan fingerprint density at radius 1 is 1.03 bits per heavy atom. The summed E-state index contributed by atoms with van der Waals surface area (Å²) in [7, 11) is 0. The van der Waals surface area contributed by atoms with E-state index in [1.54, 1.807) is 30.1 Å². The van der Waals surface area contributed by atoms with E-state index in [9.17, 15) is 14.0 Å². The van der Waals surface area contributed by atoms with Gasteiger partial charge in [-0.05, 0) is 42.3 Å². The number of nitrogens with one attached hydrogen (secondary N) is 3. The Kier molecular flexibility index (Phi) is 6.51. The second-order valence-electron chi connectivity index (χ2n) is 6.34. The maximum Gasteiger partial charge on any atom is 0.315 e. The maximum absolute atomic E-state index is 13.5. The Bertz CT molecular complexity index is 973. The summed E-state index contributed by atoms with van der Waals surface area (Å²) in [6.07, 6.45) is 3.07. The molecule has 3 aromatic rings. The highest BCUT2D eigenvalue weighted by molar-refractivity contribution is 5.94. The van der Waals surface area contributed by atoms with Gasteiger partial charge in [-0.2, -0.15) is 5.10 Å². The van der Waals surface area contributed by atoms with E-state index in [1.165, 1.54) is 12.4 Å². The third-order valence-corrected chi connectivity index (χ3v) is 4.20. The topological polar surface area (TPSA) is 101 Å². The molecular weight excluding hydrogens is 375 g/mol. The minimum atomic E-state index is -0.426. The van der Waals surface area contributed by atoms with Crippen LogP contribution in [0.15, 0.2) is 55.1 Å². The molecule has 1 heterocycles. The van der Waals surface area contributed by atoms with E-state index in [2.05, 4.69) is 26.0 Å². The van der Waals surface area contributed by atoms with Gasteiger partial charge in [0.25, 0.3) is 5.91 Å². The van der Waals surface area contributed by atoms with Gasteiger partial charge in [0.05, 0.1) is 5.69 Å². The lowest BCUT2D eigenvalue weighted by Gasteiger charge is -2.09. The fourth-order valence-electron chi connectivity index (χ4n) is 2.54. The smallest absolute Gasteiger partial charge is 0.315 e. The van der Waals surface area contributed by atoms with Crippen molar-refractivity contribution >= 4 is 11.9 Å². The number of urea groups is 1. The molecule has 3 N–H and O–H groups in total. The van der Waals surface area contributed by atoms with Crippen LogP contribution in [-0.4, -0.2) is 39.8 Å². The number of benzene rings is 2. The Morgan fingerprint density at radius 2 is 1.79 bits per heavy atom. The van der Waals surface area contributed by atoms with Crippen LogP contribution in [0.25, 0.3) is 5.69 Å². The molecule has 8 nitrogen and oxygen atoms in total. The third kappa shape index (κ3) is 5.61. The Labute approximate surface area is 167 Å². The molecule has 0 saturated carbocycles. The van der Waals surface area contributed by atoms with Gasteiger partial charge in [-0.3, -0.25) is 4.79 Å². The van der Waals surface area contributed by atoms with Gasteiger partial charge >= 0.3 is 6.03 Å². The van der Waals surface area contributed by atoms with Crippen molar-refractivity contribution in [1.29, 1.82) is 0 Å². The summed E-state index contributed by atoms with van der Waals surface area (Å²) in [5.74, 6) is -0.817. The van der Waals surface area contributed by atoms with Crippen LogP contribution in [0.1, 0.15) is 21.5 Å². The number of carbonyl (C=O) groups is 2. The molecule has 0 unspecified atom stereocenters. The SMILES string of the molecule is Cc1ccc(C(=O)NCCNC(=O)NCc2ccc(-n3cncn3)cc2)cc1F. The average molecular weight is 396 g/mol. The minimum absolute atomic E-state index is 0.231. The van der Waals surface area contributed by atoms with Crippen molar-refractivity contribution in [2.24, 2.45) is 0 Å². The van der Waals surface area contributed by atoms with Gasteiger partial charge in [0.2, 0.25) is 0 Å². The predicted octanol–water partition coefficient (Wildman–Crippen LogP) is 1.94. The van der Waals surface area contributed by atoms with Gasteiger partial charge < -0.3 is 16.0 Å². The predicted molar refractivity (Wildman–Crippen MR) is 105 cm³/mol. The molecule has 150 valence electrons. The van der Waals surface area contributed by atoms with Gasteiger partial charge in [0, 0.05) is 25.2 Å². The number of aromatic nitrogens is 3. The molecule has 1 aromatic heterocycles. The van der Waals surface area contributed by atoms with Crippen molar-refractivity contribution < 1.29 is 14.0 Å². The highest BCUT2D eigenvalue weighted by Gasteiger charge is 2.08. The lowest BCUT2D eigenvalue weighted by atomic mass is 10.1. The summed E-state index contributed by atoms with van der Waals surface area (Å²) < 4.78 is 15.1. The standard InChI is InChI=1S/C20H21FN6O2/c1-14-2-5-16(10-18(14)21)19(28)23-8-9-24-20(29)25-11-15-3-6-17(7-4-15)27-13-22-12-26-27/h2-7,10,12-13H,8-9,11H2,1H3,(H,23,28)(H2,24,25,29). The summed E-state index contributed by atoms with van der Waals surface area (Å²) >= 11 is 0. The number of amides is 3. The highest BCUT2D eigenvalue weighted by atomic mass is 19.1. The summed E-state index contributed by atoms with van der Waals surface area (Å²) in [6.45, 7) is 2.47. The zero-order valence-electron chi connectivity index (χ0n) is 15.9. The first-order valence-electron chi connectivity index (χ1n) is 9.03. The van der Waals surface area contributed by atoms with E-state index < -0.39 is 11.7 Å². The second kappa shape index (κ2) is 9.45. The Hall–Kier alpha value is -3.75. The van der Waals surface area contributed by atoms with Crippen LogP contribution in [0.3, 0.4) is 0 Å². The van der Waals surface area contributed by atoms with E-state index >= 15 is 0 Å². The van der Waals surface area contributed by atoms with Gasteiger partial charge in [-0.1, -0.05) is 18.2 Å². The van der Waals surface area contributed by atoms with Crippen molar-refractivity contribution in [1.82, 2.24) is 30.7 Å². The zero-order valence-corrected chi connectivity index (χ0v) is 15.9. The van der Waals surface area contributed by atoms with Crippen LogP contribution in [0.2, 0.25) is 0 Å². The summed E-state index contributed by atoms with van der Waals surface area (Å²) in [5.41, 5.74) is 2.53. The molecule has 0 atom stereocenters. The van der Waals surface area contributed by atoms with Crippen LogP contribution < -0.4 is 16.0 Å². The van der Waals surface area contributed by atoms with Crippen molar-refractivity contribution in [2.45, 2.75) is 13.5 Å². The van der Waals surface area contributed by atoms with Gasteiger partial charge in [0.15, 0.2) is 0 Å². The Balaban J connectivity index is 1.35. The molecule has 29 heavy (non-hydrogen) atoms. The lowest BCUT2D eigenvalue weighted by molar-refractivity contribution is 0.0953. The molecule has 0 fully saturated rings. The van der Waals surface area contributed by atoms with E-state index in [0.717, 1.165) is 11.3 Å². The van der Waals surface area contributed by atoms with E-state index in [0.29, 0.717) is 12.1 Å². The molecule has 9 heteroatoms. The first-order chi connectivity index (χ1) is 14.0. The number of halogens is 1. The van der Waals surface area contributed by atoms with Gasteiger partial charge in [-0.25, -0.2) is 18.9 Å². The molecule has 0 aliphatic heterocycles. The van der Waals surface area contributed by atoms with E-state index in [4.69, 9.17) is 0 Å². The molecule has 3 amide bonds.